The Balaban J connectivity index is 0.962. The molecule has 0 radical (unpaired) electrons. The van der Waals surface area contributed by atoms with E-state index in [0.29, 0.717) is 0 Å². The Morgan fingerprint density at radius 1 is 0.195 bits per heavy atom. The lowest BCUT2D eigenvalue weighted by Gasteiger charge is -2.30. The van der Waals surface area contributed by atoms with Gasteiger partial charge in [0.1, 0.15) is 0 Å². The molecular weight excluding hydrogens is 931 g/mol. The molecule has 1 heterocycles. The number of benzene rings is 13. The van der Waals surface area contributed by atoms with Crippen LogP contribution < -0.4 is 9.80 Å². The van der Waals surface area contributed by atoms with Gasteiger partial charge in [0.15, 0.2) is 0 Å². The van der Waals surface area contributed by atoms with Crippen LogP contribution in [0.4, 0.5) is 34.1 Å². The molecule has 3 heteroatoms. The quantitative estimate of drug-likeness (QED) is 0.128. The van der Waals surface area contributed by atoms with E-state index >= 15 is 0 Å². The van der Waals surface area contributed by atoms with Crippen molar-refractivity contribution in [2.45, 2.75) is 0 Å². The fourth-order valence-electron chi connectivity index (χ4n) is 11.3. The molecule has 0 saturated heterocycles. The Kier molecular flexibility index (Phi) is 11.5. The van der Waals surface area contributed by atoms with Crippen molar-refractivity contribution < 1.29 is 0 Å². The Morgan fingerprint density at radius 2 is 0.571 bits per heavy atom. The molecular formula is C74H51N3. The molecule has 77 heavy (non-hydrogen) atoms. The van der Waals surface area contributed by atoms with Crippen molar-refractivity contribution in [1.29, 1.82) is 0 Å². The van der Waals surface area contributed by atoms with E-state index < -0.39 is 0 Å². The molecule has 0 bridgehead atoms. The number of fused-ring (bicyclic) bond motifs is 5. The molecule has 14 aromatic rings. The van der Waals surface area contributed by atoms with Gasteiger partial charge in [0.05, 0.1) is 11.0 Å². The lowest BCUT2D eigenvalue weighted by Crippen LogP contribution is -2.13. The highest BCUT2D eigenvalue weighted by Crippen LogP contribution is 2.46. The SMILES string of the molecule is c1ccc(-c2ccc(-n3c4ccccc4c4cc(-c5cc(N(c6ccccc6)c6ccc7cc(-c8ccccc8)ccc7c6)cc(N(c6ccccc6)c6ccc7cc(-c8ccccc8)ccc7c6)c5)ccc43)cc2)cc1. The van der Waals surface area contributed by atoms with Crippen molar-refractivity contribution in [2.75, 3.05) is 9.80 Å². The average Bonchev–Trinajstić information content (AvgIpc) is 3.93. The standard InChI is InChI=1S/C74H51N3/c1-6-18-52(19-7-1)55-34-39-66(40-35-55)77-73-29-17-16-28-71(73)72-50-62(38-43-74(72)77)63-48-69(75(64-24-12-4-13-25-64)67-41-36-58-44-56(30-32-60(58)46-67)53-20-8-2-9-21-53)51-70(49-63)76(65-26-14-5-15-27-65)68-42-37-59-45-57(31-33-61(59)47-68)54-22-10-3-11-23-54/h1-51H. The summed E-state index contributed by atoms with van der Waals surface area (Å²) in [5, 5.41) is 7.15. The summed E-state index contributed by atoms with van der Waals surface area (Å²) in [6.07, 6.45) is 0. The molecule has 0 saturated carbocycles. The van der Waals surface area contributed by atoms with Crippen LogP contribution in [-0.2, 0) is 0 Å². The molecule has 0 amide bonds. The molecule has 0 N–H and O–H groups in total. The van der Waals surface area contributed by atoms with Crippen LogP contribution in [0.5, 0.6) is 0 Å². The van der Waals surface area contributed by atoms with Crippen LogP contribution in [0.2, 0.25) is 0 Å². The summed E-state index contributed by atoms with van der Waals surface area (Å²) in [5.41, 5.74) is 19.3. The Morgan fingerprint density at radius 3 is 1.09 bits per heavy atom. The number of hydrogen-bond donors (Lipinski definition) is 0. The predicted octanol–water partition coefficient (Wildman–Crippen LogP) is 20.7. The van der Waals surface area contributed by atoms with Crippen LogP contribution >= 0.6 is 0 Å². The minimum Gasteiger partial charge on any atom is -0.310 e. The maximum atomic E-state index is 2.41. The molecule has 0 aliphatic rings. The normalized spacial score (nSPS) is 11.4. The van der Waals surface area contributed by atoms with Crippen LogP contribution in [0.15, 0.2) is 309 Å². The highest BCUT2D eigenvalue weighted by molar-refractivity contribution is 6.11. The number of rotatable bonds is 11. The minimum atomic E-state index is 1.04. The highest BCUT2D eigenvalue weighted by Gasteiger charge is 2.22. The maximum absolute atomic E-state index is 2.41. The Labute approximate surface area is 449 Å². The third-order valence-corrected chi connectivity index (χ3v) is 15.1. The average molecular weight is 982 g/mol. The van der Waals surface area contributed by atoms with Crippen LogP contribution in [0.3, 0.4) is 0 Å². The Hall–Kier alpha value is -10.2. The van der Waals surface area contributed by atoms with Gasteiger partial charge in [-0.2, -0.15) is 0 Å². The number of para-hydroxylation sites is 3. The summed E-state index contributed by atoms with van der Waals surface area (Å²) in [7, 11) is 0. The largest absolute Gasteiger partial charge is 0.310 e. The molecule has 0 spiro atoms. The first kappa shape index (κ1) is 45.4. The van der Waals surface area contributed by atoms with Gasteiger partial charge in [-0.05, 0) is 175 Å². The van der Waals surface area contributed by atoms with E-state index in [1.165, 1.54) is 71.2 Å². The fraction of sp³-hybridized carbons (Fsp3) is 0. The van der Waals surface area contributed by atoms with Gasteiger partial charge in [-0.1, -0.05) is 200 Å². The van der Waals surface area contributed by atoms with Crippen molar-refractivity contribution in [1.82, 2.24) is 4.57 Å². The third kappa shape index (κ3) is 8.66. The molecule has 13 aromatic carbocycles. The van der Waals surface area contributed by atoms with Gasteiger partial charge in [-0.15, -0.1) is 0 Å². The van der Waals surface area contributed by atoms with Crippen molar-refractivity contribution in [3.63, 3.8) is 0 Å². The van der Waals surface area contributed by atoms with Gasteiger partial charge in [0, 0.05) is 50.6 Å². The van der Waals surface area contributed by atoms with Gasteiger partial charge >= 0.3 is 0 Å². The van der Waals surface area contributed by atoms with E-state index in [0.717, 1.165) is 56.5 Å². The molecule has 0 aliphatic heterocycles. The number of anilines is 6. The summed E-state index contributed by atoms with van der Waals surface area (Å²) in [5.74, 6) is 0. The number of nitrogens with zero attached hydrogens (tertiary/aromatic N) is 3. The third-order valence-electron chi connectivity index (χ3n) is 15.1. The zero-order valence-electron chi connectivity index (χ0n) is 42.3. The van der Waals surface area contributed by atoms with Crippen molar-refractivity contribution in [3.05, 3.63) is 309 Å². The fourth-order valence-corrected chi connectivity index (χ4v) is 11.3. The molecule has 3 nitrogen and oxygen atoms in total. The summed E-state index contributed by atoms with van der Waals surface area (Å²) >= 11 is 0. The molecule has 1 aromatic heterocycles. The lowest BCUT2D eigenvalue weighted by atomic mass is 9.98. The summed E-state index contributed by atoms with van der Waals surface area (Å²) < 4.78 is 2.41. The molecule has 0 atom stereocenters. The summed E-state index contributed by atoms with van der Waals surface area (Å²) in [4.78, 5) is 4.82. The molecule has 14 rings (SSSR count). The van der Waals surface area contributed by atoms with E-state index in [-0.39, 0.29) is 0 Å². The number of aromatic nitrogens is 1. The van der Waals surface area contributed by atoms with E-state index in [4.69, 9.17) is 0 Å². The van der Waals surface area contributed by atoms with Gasteiger partial charge in [0.2, 0.25) is 0 Å². The van der Waals surface area contributed by atoms with E-state index in [9.17, 15) is 0 Å². The van der Waals surface area contributed by atoms with Crippen LogP contribution in [0.25, 0.3) is 93.5 Å². The van der Waals surface area contributed by atoms with E-state index in [2.05, 4.69) is 324 Å². The highest BCUT2D eigenvalue weighted by atomic mass is 15.2. The number of hydrogen-bond acceptors (Lipinski definition) is 2. The van der Waals surface area contributed by atoms with Crippen LogP contribution in [0.1, 0.15) is 0 Å². The zero-order valence-corrected chi connectivity index (χ0v) is 42.3. The van der Waals surface area contributed by atoms with Crippen LogP contribution in [0, 0.1) is 0 Å². The molecule has 362 valence electrons. The molecule has 0 unspecified atom stereocenters. The smallest absolute Gasteiger partial charge is 0.0541 e. The predicted molar refractivity (Wildman–Crippen MR) is 327 cm³/mol. The van der Waals surface area contributed by atoms with Crippen molar-refractivity contribution in [3.8, 4) is 50.2 Å². The minimum absolute atomic E-state index is 1.04. The maximum Gasteiger partial charge on any atom is 0.0541 e. The second kappa shape index (κ2) is 19.6. The lowest BCUT2D eigenvalue weighted by molar-refractivity contribution is 1.18. The monoisotopic (exact) mass is 981 g/mol. The van der Waals surface area contributed by atoms with E-state index in [1.54, 1.807) is 0 Å². The summed E-state index contributed by atoms with van der Waals surface area (Å²) in [6.45, 7) is 0. The topological polar surface area (TPSA) is 11.4 Å². The second-order valence-electron chi connectivity index (χ2n) is 19.8. The Bertz CT molecular complexity index is 4230. The first-order valence-corrected chi connectivity index (χ1v) is 26.4. The van der Waals surface area contributed by atoms with Gasteiger partial charge in [-0.3, -0.25) is 0 Å². The zero-order chi connectivity index (χ0) is 51.1. The van der Waals surface area contributed by atoms with Gasteiger partial charge < -0.3 is 14.4 Å². The van der Waals surface area contributed by atoms with E-state index in [1.807, 2.05) is 0 Å². The van der Waals surface area contributed by atoms with Gasteiger partial charge in [0.25, 0.3) is 0 Å². The molecule has 0 fully saturated rings. The first-order valence-electron chi connectivity index (χ1n) is 26.4. The van der Waals surface area contributed by atoms with Crippen molar-refractivity contribution in [2.24, 2.45) is 0 Å². The molecule has 0 aliphatic carbocycles. The van der Waals surface area contributed by atoms with Crippen molar-refractivity contribution >= 4 is 77.5 Å². The second-order valence-corrected chi connectivity index (χ2v) is 19.8. The first-order chi connectivity index (χ1) is 38.1. The summed E-state index contributed by atoms with van der Waals surface area (Å²) in [6, 6.07) is 113. The van der Waals surface area contributed by atoms with Crippen LogP contribution in [-0.4, -0.2) is 4.57 Å². The van der Waals surface area contributed by atoms with Gasteiger partial charge in [-0.25, -0.2) is 0 Å².